The Morgan fingerprint density at radius 2 is 2.40 bits per heavy atom. The van der Waals surface area contributed by atoms with Crippen molar-refractivity contribution in [1.29, 1.82) is 0 Å². The normalized spacial score (nSPS) is 25.1. The van der Waals surface area contributed by atoms with E-state index >= 15 is 0 Å². The van der Waals surface area contributed by atoms with Crippen LogP contribution in [0.25, 0.3) is 0 Å². The maximum Gasteiger partial charge on any atom is 0.231 e. The third-order valence-corrected chi connectivity index (χ3v) is 3.15. The van der Waals surface area contributed by atoms with Crippen LogP contribution in [0.1, 0.15) is 26.7 Å². The Morgan fingerprint density at radius 3 is 3.00 bits per heavy atom. The van der Waals surface area contributed by atoms with Gasteiger partial charge in [0.25, 0.3) is 0 Å². The molecule has 2 atom stereocenters. The third kappa shape index (κ3) is 4.18. The van der Waals surface area contributed by atoms with Gasteiger partial charge in [-0.15, -0.1) is 0 Å². The Labute approximate surface area is 92.2 Å². The monoisotopic (exact) mass is 213 g/mol. The molecular formula is C11H23N3O. The number of carbonyl (C=O) groups is 1. The van der Waals surface area contributed by atoms with Crippen LogP contribution in [0.15, 0.2) is 0 Å². The number of hydrogen-bond acceptors (Lipinski definition) is 3. The van der Waals surface area contributed by atoms with E-state index in [1.165, 1.54) is 12.8 Å². The summed E-state index contributed by atoms with van der Waals surface area (Å²) >= 11 is 0. The largest absolute Gasteiger partial charge is 0.369 e. The lowest BCUT2D eigenvalue weighted by molar-refractivity contribution is -0.119. The van der Waals surface area contributed by atoms with Gasteiger partial charge in [0.15, 0.2) is 0 Å². The lowest BCUT2D eigenvalue weighted by atomic mass is 9.91. The molecule has 1 rings (SSSR count). The predicted octanol–water partition coefficient (Wildman–Crippen LogP) is 0.182. The summed E-state index contributed by atoms with van der Waals surface area (Å²) < 4.78 is 0. The highest BCUT2D eigenvalue weighted by atomic mass is 16.1. The molecule has 4 heteroatoms. The van der Waals surface area contributed by atoms with Crippen LogP contribution in [-0.4, -0.2) is 43.0 Å². The number of carbonyl (C=O) groups excluding carboxylic acids is 1. The first-order valence-corrected chi connectivity index (χ1v) is 5.87. The predicted molar refractivity (Wildman–Crippen MR) is 61.5 cm³/mol. The number of nitrogens with two attached hydrogens (primary N) is 1. The van der Waals surface area contributed by atoms with Crippen molar-refractivity contribution in [3.8, 4) is 0 Å². The molecule has 0 saturated carbocycles. The van der Waals surface area contributed by atoms with Crippen LogP contribution in [-0.2, 0) is 4.79 Å². The zero-order valence-electron chi connectivity index (χ0n) is 9.83. The molecule has 4 nitrogen and oxygen atoms in total. The van der Waals surface area contributed by atoms with E-state index in [1.54, 1.807) is 0 Å². The highest BCUT2D eigenvalue weighted by molar-refractivity contribution is 5.75. The van der Waals surface area contributed by atoms with E-state index in [4.69, 9.17) is 5.73 Å². The van der Waals surface area contributed by atoms with Gasteiger partial charge in [0, 0.05) is 12.6 Å². The fourth-order valence-electron chi connectivity index (χ4n) is 2.35. The molecule has 0 radical (unpaired) electrons. The number of rotatable bonds is 5. The quantitative estimate of drug-likeness (QED) is 0.685. The van der Waals surface area contributed by atoms with E-state index in [0.29, 0.717) is 18.5 Å². The summed E-state index contributed by atoms with van der Waals surface area (Å²) in [6, 6.07) is 0.533. The summed E-state index contributed by atoms with van der Waals surface area (Å²) in [5, 5.41) is 3.45. The van der Waals surface area contributed by atoms with E-state index in [1.807, 2.05) is 0 Å². The zero-order valence-corrected chi connectivity index (χ0v) is 9.83. The van der Waals surface area contributed by atoms with E-state index < -0.39 is 0 Å². The molecular weight excluding hydrogens is 190 g/mol. The molecule has 1 saturated heterocycles. The SMILES string of the molecule is CCNC(C)C1CCCN(CC(N)=O)C1. The van der Waals surface area contributed by atoms with Crippen LogP contribution in [0.2, 0.25) is 0 Å². The maximum atomic E-state index is 10.8. The molecule has 0 aromatic carbocycles. The van der Waals surface area contributed by atoms with Gasteiger partial charge in [-0.1, -0.05) is 6.92 Å². The molecule has 3 N–H and O–H groups in total. The molecule has 2 unspecified atom stereocenters. The number of nitrogens with zero attached hydrogens (tertiary/aromatic N) is 1. The van der Waals surface area contributed by atoms with Gasteiger partial charge < -0.3 is 11.1 Å². The van der Waals surface area contributed by atoms with E-state index in [0.717, 1.165) is 19.6 Å². The van der Waals surface area contributed by atoms with Gasteiger partial charge in [-0.05, 0) is 38.8 Å². The molecule has 1 fully saturated rings. The fraction of sp³-hybridized carbons (Fsp3) is 0.909. The Balaban J connectivity index is 2.37. The second kappa shape index (κ2) is 6.08. The van der Waals surface area contributed by atoms with Crippen molar-refractivity contribution in [2.24, 2.45) is 11.7 Å². The molecule has 1 aliphatic rings. The average molecular weight is 213 g/mol. The minimum absolute atomic E-state index is 0.216. The number of hydrogen-bond donors (Lipinski definition) is 2. The van der Waals surface area contributed by atoms with Crippen LogP contribution in [0.4, 0.5) is 0 Å². The lowest BCUT2D eigenvalue weighted by Gasteiger charge is -2.35. The number of likely N-dealkylation sites (tertiary alicyclic amines) is 1. The second-order valence-electron chi connectivity index (χ2n) is 4.45. The van der Waals surface area contributed by atoms with Gasteiger partial charge in [0.2, 0.25) is 5.91 Å². The van der Waals surface area contributed by atoms with Gasteiger partial charge in [-0.3, -0.25) is 9.69 Å². The van der Waals surface area contributed by atoms with Gasteiger partial charge in [-0.25, -0.2) is 0 Å². The molecule has 0 bridgehead atoms. The molecule has 0 aromatic rings. The van der Waals surface area contributed by atoms with Crippen LogP contribution in [0.3, 0.4) is 0 Å². The standard InChI is InChI=1S/C11H23N3O/c1-3-13-9(2)10-5-4-6-14(7-10)8-11(12)15/h9-10,13H,3-8H2,1-2H3,(H2,12,15). The van der Waals surface area contributed by atoms with Crippen molar-refractivity contribution in [3.05, 3.63) is 0 Å². The maximum absolute atomic E-state index is 10.8. The third-order valence-electron chi connectivity index (χ3n) is 3.15. The Hall–Kier alpha value is -0.610. The molecule has 1 heterocycles. The molecule has 0 aromatic heterocycles. The first-order chi connectivity index (χ1) is 7.13. The number of nitrogens with one attached hydrogen (secondary N) is 1. The van der Waals surface area contributed by atoms with Crippen LogP contribution >= 0.6 is 0 Å². The van der Waals surface area contributed by atoms with Crippen LogP contribution < -0.4 is 11.1 Å². The summed E-state index contributed by atoms with van der Waals surface area (Å²) in [5.74, 6) is 0.435. The van der Waals surface area contributed by atoms with Crippen molar-refractivity contribution in [3.63, 3.8) is 0 Å². The van der Waals surface area contributed by atoms with Gasteiger partial charge in [0.1, 0.15) is 0 Å². The van der Waals surface area contributed by atoms with Gasteiger partial charge in [-0.2, -0.15) is 0 Å². The summed E-state index contributed by atoms with van der Waals surface area (Å²) in [7, 11) is 0. The van der Waals surface area contributed by atoms with E-state index in [-0.39, 0.29) is 5.91 Å². The van der Waals surface area contributed by atoms with Crippen molar-refractivity contribution in [2.45, 2.75) is 32.7 Å². The molecule has 1 aliphatic heterocycles. The summed E-state index contributed by atoms with van der Waals surface area (Å²) in [4.78, 5) is 13.0. The Kier molecular flexibility index (Phi) is 5.05. The van der Waals surface area contributed by atoms with Crippen LogP contribution in [0, 0.1) is 5.92 Å². The van der Waals surface area contributed by atoms with E-state index in [2.05, 4.69) is 24.1 Å². The Morgan fingerprint density at radius 1 is 1.67 bits per heavy atom. The van der Waals surface area contributed by atoms with Crippen molar-refractivity contribution in [1.82, 2.24) is 10.2 Å². The Bertz CT molecular complexity index is 208. The first-order valence-electron chi connectivity index (χ1n) is 5.87. The highest BCUT2D eigenvalue weighted by Gasteiger charge is 2.24. The molecule has 88 valence electrons. The number of piperidine rings is 1. The smallest absolute Gasteiger partial charge is 0.231 e. The minimum Gasteiger partial charge on any atom is -0.369 e. The van der Waals surface area contributed by atoms with Crippen LogP contribution in [0.5, 0.6) is 0 Å². The summed E-state index contributed by atoms with van der Waals surface area (Å²) in [5.41, 5.74) is 5.21. The van der Waals surface area contributed by atoms with Crippen molar-refractivity contribution < 1.29 is 4.79 Å². The summed E-state index contributed by atoms with van der Waals surface area (Å²) in [6.07, 6.45) is 2.43. The average Bonchev–Trinajstić information content (AvgIpc) is 2.17. The topological polar surface area (TPSA) is 58.4 Å². The highest BCUT2D eigenvalue weighted by Crippen LogP contribution is 2.19. The van der Waals surface area contributed by atoms with Gasteiger partial charge >= 0.3 is 0 Å². The molecule has 1 amide bonds. The first kappa shape index (κ1) is 12.5. The van der Waals surface area contributed by atoms with Gasteiger partial charge in [0.05, 0.1) is 6.54 Å². The molecule has 0 spiro atoms. The van der Waals surface area contributed by atoms with E-state index in [9.17, 15) is 4.79 Å². The molecule has 0 aliphatic carbocycles. The number of primary amides is 1. The second-order valence-corrected chi connectivity index (χ2v) is 4.45. The fourth-order valence-corrected chi connectivity index (χ4v) is 2.35. The lowest BCUT2D eigenvalue weighted by Crippen LogP contribution is -2.46. The van der Waals surface area contributed by atoms with Crippen molar-refractivity contribution in [2.75, 3.05) is 26.2 Å². The van der Waals surface area contributed by atoms with Crippen molar-refractivity contribution >= 4 is 5.91 Å². The molecule has 15 heavy (non-hydrogen) atoms. The number of amides is 1. The minimum atomic E-state index is -0.216. The zero-order chi connectivity index (χ0) is 11.3. The summed E-state index contributed by atoms with van der Waals surface area (Å²) in [6.45, 7) is 7.78.